The molecule has 0 spiro atoms. The fraction of sp³-hybridized carbons (Fsp3) is 0.778. The van der Waals surface area contributed by atoms with Crippen molar-refractivity contribution in [3.05, 3.63) is 0 Å². The van der Waals surface area contributed by atoms with E-state index in [-0.39, 0.29) is 24.4 Å². The van der Waals surface area contributed by atoms with E-state index in [1.54, 1.807) is 26.0 Å². The molecule has 0 aromatic rings. The minimum Gasteiger partial charge on any atom is -0.348 e. The van der Waals surface area contributed by atoms with E-state index in [0.29, 0.717) is 6.42 Å². The van der Waals surface area contributed by atoms with Crippen LogP contribution in [-0.2, 0) is 9.59 Å². The lowest BCUT2D eigenvalue weighted by atomic mass is 10.2. The number of carbonyl (C=O) groups excluding carboxylic acids is 2. The molecule has 0 aliphatic rings. The Morgan fingerprint density at radius 1 is 1.33 bits per heavy atom. The average molecular weight is 216 g/mol. The van der Waals surface area contributed by atoms with Crippen LogP contribution in [0.2, 0.25) is 0 Å². The van der Waals surface area contributed by atoms with Crippen LogP contribution in [0, 0.1) is 0 Å². The maximum atomic E-state index is 11.4. The third kappa shape index (κ3) is 4.26. The van der Waals surface area contributed by atoms with Gasteiger partial charge in [-0.3, -0.25) is 19.9 Å². The van der Waals surface area contributed by atoms with E-state index in [1.807, 2.05) is 6.92 Å². The summed E-state index contributed by atoms with van der Waals surface area (Å²) < 4.78 is 0. The van der Waals surface area contributed by atoms with Gasteiger partial charge in [0.2, 0.25) is 5.91 Å². The van der Waals surface area contributed by atoms with Crippen LogP contribution in [0.5, 0.6) is 0 Å². The van der Waals surface area contributed by atoms with Gasteiger partial charge in [-0.15, -0.1) is 0 Å². The van der Waals surface area contributed by atoms with Gasteiger partial charge in [-0.25, -0.2) is 5.84 Å². The van der Waals surface area contributed by atoms with Gasteiger partial charge in [0.05, 0.1) is 12.6 Å². The highest BCUT2D eigenvalue weighted by Gasteiger charge is 2.22. The Balaban J connectivity index is 4.33. The molecular weight excluding hydrogens is 196 g/mol. The Kier molecular flexibility index (Phi) is 5.88. The standard InChI is InChI=1S/C9H20N4O2/c1-5-7(9(15)11-10)13(4)6-8(14)12(2)3/h7H,5-6,10H2,1-4H3,(H,11,15). The summed E-state index contributed by atoms with van der Waals surface area (Å²) in [6.45, 7) is 2.08. The van der Waals surface area contributed by atoms with Gasteiger partial charge in [-0.05, 0) is 13.5 Å². The van der Waals surface area contributed by atoms with Crippen LogP contribution in [0.1, 0.15) is 13.3 Å². The normalized spacial score (nSPS) is 12.4. The molecular formula is C9H20N4O2. The maximum absolute atomic E-state index is 11.4. The molecule has 0 rings (SSSR count). The average Bonchev–Trinajstić information content (AvgIpc) is 2.18. The van der Waals surface area contributed by atoms with E-state index < -0.39 is 0 Å². The number of hydrazine groups is 1. The van der Waals surface area contributed by atoms with Crippen molar-refractivity contribution in [2.24, 2.45) is 5.84 Å². The Hall–Kier alpha value is -1.14. The van der Waals surface area contributed by atoms with E-state index in [9.17, 15) is 9.59 Å². The number of nitrogens with zero attached hydrogens (tertiary/aromatic N) is 2. The molecule has 0 fully saturated rings. The van der Waals surface area contributed by atoms with Crippen LogP contribution in [0.25, 0.3) is 0 Å². The van der Waals surface area contributed by atoms with Crippen molar-refractivity contribution in [1.82, 2.24) is 15.2 Å². The summed E-state index contributed by atoms with van der Waals surface area (Å²) in [7, 11) is 5.09. The molecule has 88 valence electrons. The van der Waals surface area contributed by atoms with E-state index in [4.69, 9.17) is 5.84 Å². The summed E-state index contributed by atoms with van der Waals surface area (Å²) in [5.41, 5.74) is 2.09. The molecule has 6 heteroatoms. The van der Waals surface area contributed by atoms with Crippen LogP contribution in [0.15, 0.2) is 0 Å². The molecule has 0 radical (unpaired) electrons. The summed E-state index contributed by atoms with van der Waals surface area (Å²) in [6, 6.07) is -0.362. The van der Waals surface area contributed by atoms with Gasteiger partial charge in [0.25, 0.3) is 5.91 Å². The van der Waals surface area contributed by atoms with Crippen molar-refractivity contribution in [2.45, 2.75) is 19.4 Å². The first-order valence-electron chi connectivity index (χ1n) is 4.84. The number of hydrogen-bond donors (Lipinski definition) is 2. The van der Waals surface area contributed by atoms with E-state index in [2.05, 4.69) is 5.43 Å². The highest BCUT2D eigenvalue weighted by Crippen LogP contribution is 2.01. The first-order valence-corrected chi connectivity index (χ1v) is 4.84. The lowest BCUT2D eigenvalue weighted by Gasteiger charge is -2.25. The molecule has 0 aromatic heterocycles. The van der Waals surface area contributed by atoms with Crippen LogP contribution < -0.4 is 11.3 Å². The number of nitrogens with two attached hydrogens (primary N) is 1. The molecule has 15 heavy (non-hydrogen) atoms. The van der Waals surface area contributed by atoms with Gasteiger partial charge in [0.1, 0.15) is 0 Å². The molecule has 0 saturated heterocycles. The topological polar surface area (TPSA) is 78.7 Å². The quantitative estimate of drug-likeness (QED) is 0.343. The molecule has 0 aliphatic heterocycles. The Bertz CT molecular complexity index is 230. The molecule has 0 heterocycles. The predicted octanol–water partition coefficient (Wildman–Crippen LogP) is -1.23. The smallest absolute Gasteiger partial charge is 0.251 e. The molecule has 0 aromatic carbocycles. The monoisotopic (exact) mass is 216 g/mol. The molecule has 0 bridgehead atoms. The Labute approximate surface area is 90.4 Å². The second kappa shape index (κ2) is 6.36. The van der Waals surface area contributed by atoms with Gasteiger partial charge in [0.15, 0.2) is 0 Å². The van der Waals surface area contributed by atoms with Gasteiger partial charge in [-0.2, -0.15) is 0 Å². The van der Waals surface area contributed by atoms with Crippen molar-refractivity contribution >= 4 is 11.8 Å². The minimum atomic E-state index is -0.362. The minimum absolute atomic E-state index is 0.0410. The number of carbonyl (C=O) groups is 2. The lowest BCUT2D eigenvalue weighted by Crippen LogP contribution is -2.49. The second-order valence-electron chi connectivity index (χ2n) is 3.64. The summed E-state index contributed by atoms with van der Waals surface area (Å²) in [4.78, 5) is 25.9. The SMILES string of the molecule is CCC(C(=O)NN)N(C)CC(=O)N(C)C. The van der Waals surface area contributed by atoms with E-state index >= 15 is 0 Å². The molecule has 1 atom stereocenters. The number of hydrogen-bond acceptors (Lipinski definition) is 4. The van der Waals surface area contributed by atoms with E-state index in [1.165, 1.54) is 4.90 Å². The summed E-state index contributed by atoms with van der Waals surface area (Å²) in [6.07, 6.45) is 0.611. The fourth-order valence-electron chi connectivity index (χ4n) is 1.26. The molecule has 3 N–H and O–H groups in total. The van der Waals surface area contributed by atoms with E-state index in [0.717, 1.165) is 0 Å². The summed E-state index contributed by atoms with van der Waals surface area (Å²) in [5.74, 6) is 4.74. The van der Waals surface area contributed by atoms with Gasteiger partial charge < -0.3 is 4.90 Å². The van der Waals surface area contributed by atoms with Crippen molar-refractivity contribution in [3.8, 4) is 0 Å². The highest BCUT2D eigenvalue weighted by atomic mass is 16.2. The van der Waals surface area contributed by atoms with Crippen LogP contribution in [0.4, 0.5) is 0 Å². The van der Waals surface area contributed by atoms with Crippen LogP contribution in [0.3, 0.4) is 0 Å². The zero-order valence-electron chi connectivity index (χ0n) is 9.78. The Morgan fingerprint density at radius 2 is 1.87 bits per heavy atom. The lowest BCUT2D eigenvalue weighted by molar-refractivity contribution is -0.132. The van der Waals surface area contributed by atoms with Gasteiger partial charge in [-0.1, -0.05) is 6.92 Å². The zero-order chi connectivity index (χ0) is 12.0. The molecule has 1 unspecified atom stereocenters. The predicted molar refractivity (Wildman–Crippen MR) is 57.7 cm³/mol. The van der Waals surface area contributed by atoms with Crippen LogP contribution in [-0.4, -0.2) is 55.3 Å². The van der Waals surface area contributed by atoms with Gasteiger partial charge >= 0.3 is 0 Å². The molecule has 6 nitrogen and oxygen atoms in total. The van der Waals surface area contributed by atoms with Crippen LogP contribution >= 0.6 is 0 Å². The first kappa shape index (κ1) is 13.9. The number of rotatable bonds is 5. The highest BCUT2D eigenvalue weighted by molar-refractivity contribution is 5.83. The van der Waals surface area contributed by atoms with Crippen molar-refractivity contribution in [1.29, 1.82) is 0 Å². The molecule has 0 saturated carbocycles. The van der Waals surface area contributed by atoms with Crippen molar-refractivity contribution in [3.63, 3.8) is 0 Å². The summed E-state index contributed by atoms with van der Waals surface area (Å²) >= 11 is 0. The third-order valence-corrected chi connectivity index (χ3v) is 2.25. The number of nitrogens with one attached hydrogen (secondary N) is 1. The second-order valence-corrected chi connectivity index (χ2v) is 3.64. The molecule has 2 amide bonds. The largest absolute Gasteiger partial charge is 0.348 e. The van der Waals surface area contributed by atoms with Gasteiger partial charge in [0, 0.05) is 14.1 Å². The zero-order valence-corrected chi connectivity index (χ0v) is 9.78. The number of likely N-dealkylation sites (N-methyl/N-ethyl adjacent to an activating group) is 2. The fourth-order valence-corrected chi connectivity index (χ4v) is 1.26. The molecule has 0 aliphatic carbocycles. The Morgan fingerprint density at radius 3 is 2.20 bits per heavy atom. The number of amides is 2. The first-order chi connectivity index (χ1) is 6.93. The summed E-state index contributed by atoms with van der Waals surface area (Å²) in [5, 5.41) is 0. The van der Waals surface area contributed by atoms with Crippen molar-refractivity contribution in [2.75, 3.05) is 27.7 Å². The third-order valence-electron chi connectivity index (χ3n) is 2.25. The van der Waals surface area contributed by atoms with Crippen molar-refractivity contribution < 1.29 is 9.59 Å². The maximum Gasteiger partial charge on any atom is 0.251 e.